The lowest BCUT2D eigenvalue weighted by atomic mass is 9.93. The molecule has 0 fully saturated rings. The van der Waals surface area contributed by atoms with Crippen molar-refractivity contribution < 1.29 is 4.74 Å². The summed E-state index contributed by atoms with van der Waals surface area (Å²) in [4.78, 5) is 0. The van der Waals surface area contributed by atoms with Gasteiger partial charge in [-0.1, -0.05) is 84.9 Å². The molecule has 5 rings (SSSR count). The molecule has 126 valence electrons. The molecule has 0 N–H and O–H groups in total. The van der Waals surface area contributed by atoms with E-state index in [1.165, 1.54) is 21.9 Å². The summed E-state index contributed by atoms with van der Waals surface area (Å²) in [5, 5.41) is 2.80. The molecule has 0 aliphatic heterocycles. The van der Waals surface area contributed by atoms with Gasteiger partial charge in [-0.3, -0.25) is 0 Å². The Bertz CT molecular complexity index is 975. The Morgan fingerprint density at radius 2 is 1.19 bits per heavy atom. The number of para-hydroxylation sites is 2. The number of ether oxygens (including phenoxy) is 1. The third-order valence-corrected chi connectivity index (χ3v) is 4.38. The molecule has 0 amide bonds. The monoisotopic (exact) mass is 336 g/mol. The Hall–Kier alpha value is -3.32. The van der Waals surface area contributed by atoms with Crippen LogP contribution in [0.3, 0.4) is 0 Å². The van der Waals surface area contributed by atoms with Crippen LogP contribution in [-0.2, 0) is 6.42 Å². The topological polar surface area (TPSA) is 9.23 Å². The summed E-state index contributed by atoms with van der Waals surface area (Å²) in [6, 6.07) is 32.5. The predicted octanol–water partition coefficient (Wildman–Crippen LogP) is 6.89. The first kappa shape index (κ1) is 16.2. The van der Waals surface area contributed by atoms with E-state index in [0.29, 0.717) is 0 Å². The second-order valence-corrected chi connectivity index (χ2v) is 6.20. The molecule has 4 aromatic rings. The van der Waals surface area contributed by atoms with Gasteiger partial charge in [0.2, 0.25) is 0 Å². The Morgan fingerprint density at radius 3 is 1.85 bits per heavy atom. The third-order valence-electron chi connectivity index (χ3n) is 4.38. The fourth-order valence-electron chi connectivity index (χ4n) is 3.18. The van der Waals surface area contributed by atoms with E-state index in [4.69, 9.17) is 4.74 Å². The SMILES string of the molecule is C1=Cc2cccc3cccc(c23)C1.c1ccc(Oc2ccccc2)cc1. The summed E-state index contributed by atoms with van der Waals surface area (Å²) in [5.74, 6) is 1.74. The van der Waals surface area contributed by atoms with Gasteiger partial charge in [-0.25, -0.2) is 0 Å². The van der Waals surface area contributed by atoms with Crippen molar-refractivity contribution in [2.24, 2.45) is 0 Å². The van der Waals surface area contributed by atoms with E-state index in [-0.39, 0.29) is 0 Å². The fraction of sp³-hybridized carbons (Fsp3) is 0.0400. The molecule has 1 aliphatic carbocycles. The van der Waals surface area contributed by atoms with Crippen LogP contribution in [0.4, 0.5) is 0 Å². The van der Waals surface area contributed by atoms with Crippen molar-refractivity contribution in [3.05, 3.63) is 114 Å². The largest absolute Gasteiger partial charge is 0.457 e. The Kier molecular flexibility index (Phi) is 4.79. The van der Waals surface area contributed by atoms with E-state index in [0.717, 1.165) is 17.9 Å². The highest BCUT2D eigenvalue weighted by Crippen LogP contribution is 2.27. The van der Waals surface area contributed by atoms with Crippen LogP contribution in [0.2, 0.25) is 0 Å². The second kappa shape index (κ2) is 7.71. The van der Waals surface area contributed by atoms with Crippen LogP contribution in [0.1, 0.15) is 11.1 Å². The lowest BCUT2D eigenvalue weighted by Gasteiger charge is -2.11. The van der Waals surface area contributed by atoms with E-state index in [1.54, 1.807) is 0 Å². The van der Waals surface area contributed by atoms with Gasteiger partial charge in [0.1, 0.15) is 11.5 Å². The first-order chi connectivity index (χ1) is 12.9. The van der Waals surface area contributed by atoms with Gasteiger partial charge in [-0.15, -0.1) is 0 Å². The maximum absolute atomic E-state index is 5.58. The lowest BCUT2D eigenvalue weighted by Crippen LogP contribution is -1.91. The fourth-order valence-corrected chi connectivity index (χ4v) is 3.18. The number of benzene rings is 4. The molecular formula is C25H20O. The van der Waals surface area contributed by atoms with Crippen molar-refractivity contribution in [1.82, 2.24) is 0 Å². The van der Waals surface area contributed by atoms with E-state index >= 15 is 0 Å². The molecule has 0 unspecified atom stereocenters. The van der Waals surface area contributed by atoms with Crippen LogP contribution < -0.4 is 4.74 Å². The van der Waals surface area contributed by atoms with Crippen molar-refractivity contribution in [3.8, 4) is 11.5 Å². The minimum Gasteiger partial charge on any atom is -0.457 e. The number of hydrogen-bond donors (Lipinski definition) is 0. The van der Waals surface area contributed by atoms with Gasteiger partial charge in [0.15, 0.2) is 0 Å². The zero-order valence-electron chi connectivity index (χ0n) is 14.5. The van der Waals surface area contributed by atoms with Crippen LogP contribution in [-0.4, -0.2) is 0 Å². The second-order valence-electron chi connectivity index (χ2n) is 6.20. The summed E-state index contributed by atoms with van der Waals surface area (Å²) in [6.07, 6.45) is 5.53. The lowest BCUT2D eigenvalue weighted by molar-refractivity contribution is 0.482. The summed E-state index contributed by atoms with van der Waals surface area (Å²) < 4.78 is 5.58. The Labute approximate surface area is 154 Å². The smallest absolute Gasteiger partial charge is 0.127 e. The number of hydrogen-bond acceptors (Lipinski definition) is 1. The van der Waals surface area contributed by atoms with E-state index in [2.05, 4.69) is 48.6 Å². The molecule has 0 saturated carbocycles. The summed E-state index contributed by atoms with van der Waals surface area (Å²) in [7, 11) is 0. The van der Waals surface area contributed by atoms with Crippen molar-refractivity contribution in [3.63, 3.8) is 0 Å². The maximum atomic E-state index is 5.58. The van der Waals surface area contributed by atoms with Gasteiger partial charge < -0.3 is 4.74 Å². The van der Waals surface area contributed by atoms with Crippen LogP contribution in [0.25, 0.3) is 16.8 Å². The van der Waals surface area contributed by atoms with Gasteiger partial charge in [-0.05, 0) is 52.6 Å². The van der Waals surface area contributed by atoms with E-state index in [1.807, 2.05) is 60.7 Å². The summed E-state index contributed by atoms with van der Waals surface area (Å²) in [6.45, 7) is 0. The van der Waals surface area contributed by atoms with Crippen LogP contribution in [0.15, 0.2) is 103 Å². The minimum atomic E-state index is 0.869. The van der Waals surface area contributed by atoms with Crippen LogP contribution >= 0.6 is 0 Å². The molecule has 1 heteroatoms. The highest BCUT2D eigenvalue weighted by molar-refractivity contribution is 5.94. The van der Waals surface area contributed by atoms with Gasteiger partial charge in [0.05, 0.1) is 0 Å². The molecule has 0 bridgehead atoms. The van der Waals surface area contributed by atoms with Crippen LogP contribution in [0.5, 0.6) is 11.5 Å². The molecule has 1 nitrogen and oxygen atoms in total. The summed E-state index contributed by atoms with van der Waals surface area (Å²) in [5.41, 5.74) is 2.81. The number of allylic oxidation sites excluding steroid dienone is 1. The molecular weight excluding hydrogens is 316 g/mol. The maximum Gasteiger partial charge on any atom is 0.127 e. The summed E-state index contributed by atoms with van der Waals surface area (Å²) >= 11 is 0. The van der Waals surface area contributed by atoms with Gasteiger partial charge in [0.25, 0.3) is 0 Å². The average molecular weight is 336 g/mol. The normalized spacial score (nSPS) is 11.5. The van der Waals surface area contributed by atoms with Crippen molar-refractivity contribution >= 4 is 16.8 Å². The molecule has 1 aliphatic rings. The Balaban J connectivity index is 0.000000129. The molecule has 0 heterocycles. The Morgan fingerprint density at radius 1 is 0.577 bits per heavy atom. The number of rotatable bonds is 2. The first-order valence-corrected chi connectivity index (χ1v) is 8.85. The molecule has 0 saturated heterocycles. The molecule has 4 aromatic carbocycles. The molecule has 0 spiro atoms. The highest BCUT2D eigenvalue weighted by Gasteiger charge is 2.06. The van der Waals surface area contributed by atoms with E-state index in [9.17, 15) is 0 Å². The zero-order valence-corrected chi connectivity index (χ0v) is 14.5. The molecule has 0 atom stereocenters. The average Bonchev–Trinajstić information content (AvgIpc) is 2.71. The van der Waals surface area contributed by atoms with Gasteiger partial charge in [0, 0.05) is 0 Å². The van der Waals surface area contributed by atoms with Crippen LogP contribution in [0, 0.1) is 0 Å². The minimum absolute atomic E-state index is 0.869. The standard InChI is InChI=1S/C13H10.C12H10O/c1-4-10-6-2-8-12-9-3-7-11(5-1)13(10)12;1-3-7-11(8-4-1)13-12-9-5-2-6-10-12/h1-8H,9H2;1-10H. The third kappa shape index (κ3) is 3.68. The van der Waals surface area contributed by atoms with Crippen molar-refractivity contribution in [2.75, 3.05) is 0 Å². The molecule has 26 heavy (non-hydrogen) atoms. The zero-order chi connectivity index (χ0) is 17.6. The highest BCUT2D eigenvalue weighted by atomic mass is 16.5. The quantitative estimate of drug-likeness (QED) is 0.387. The van der Waals surface area contributed by atoms with Gasteiger partial charge in [-0.2, -0.15) is 0 Å². The molecule has 0 aromatic heterocycles. The first-order valence-electron chi connectivity index (χ1n) is 8.85. The van der Waals surface area contributed by atoms with Crippen molar-refractivity contribution in [1.29, 1.82) is 0 Å². The predicted molar refractivity (Wildman–Crippen MR) is 110 cm³/mol. The van der Waals surface area contributed by atoms with Gasteiger partial charge >= 0.3 is 0 Å². The van der Waals surface area contributed by atoms with E-state index < -0.39 is 0 Å². The molecule has 0 radical (unpaired) electrons. The van der Waals surface area contributed by atoms with Crippen molar-refractivity contribution in [2.45, 2.75) is 6.42 Å².